The van der Waals surface area contributed by atoms with Gasteiger partial charge in [-0.2, -0.15) is 0 Å². The first kappa shape index (κ1) is 30.1. The lowest BCUT2D eigenvalue weighted by Crippen LogP contribution is -2.49. The Morgan fingerprint density at radius 2 is 1.27 bits per heavy atom. The van der Waals surface area contributed by atoms with E-state index in [9.17, 15) is 9.90 Å². The first-order valence-corrected chi connectivity index (χ1v) is 15.5. The van der Waals surface area contributed by atoms with E-state index in [4.69, 9.17) is 4.74 Å². The van der Waals surface area contributed by atoms with Crippen molar-refractivity contribution in [1.29, 1.82) is 0 Å². The lowest BCUT2D eigenvalue weighted by molar-refractivity contribution is -0.117. The van der Waals surface area contributed by atoms with Crippen LogP contribution in [0.3, 0.4) is 0 Å². The van der Waals surface area contributed by atoms with E-state index < -0.39 is 12.1 Å². The molecule has 0 unspecified atom stereocenters. The molecule has 5 aromatic rings. The average molecular weight is 595 g/mol. The molecule has 5 heteroatoms. The van der Waals surface area contributed by atoms with Gasteiger partial charge in [0.25, 0.3) is 5.91 Å². The summed E-state index contributed by atoms with van der Waals surface area (Å²) in [5.41, 5.74) is 5.53. The minimum atomic E-state index is -0.821. The maximum Gasteiger partial charge on any atom is 0.252 e. The van der Waals surface area contributed by atoms with E-state index in [2.05, 4.69) is 46.6 Å². The topological polar surface area (TPSA) is 61.8 Å². The molecule has 0 saturated heterocycles. The summed E-state index contributed by atoms with van der Waals surface area (Å²) >= 11 is 0. The number of aliphatic hydroxyl groups excluding tert-OH is 1. The van der Waals surface area contributed by atoms with E-state index >= 15 is 0 Å². The lowest BCUT2D eigenvalue weighted by atomic mass is 9.97. The minimum Gasteiger partial charge on any atom is -0.456 e. The number of hydrogen-bond donors (Lipinski definition) is 2. The van der Waals surface area contributed by atoms with Crippen LogP contribution in [-0.2, 0) is 24.2 Å². The van der Waals surface area contributed by atoms with Crippen molar-refractivity contribution < 1.29 is 14.6 Å². The van der Waals surface area contributed by atoms with Crippen molar-refractivity contribution in [1.82, 2.24) is 10.2 Å². The highest BCUT2D eigenvalue weighted by molar-refractivity contribution is 6.25. The van der Waals surface area contributed by atoms with Crippen molar-refractivity contribution in [2.45, 2.75) is 31.5 Å². The molecule has 226 valence electrons. The third kappa shape index (κ3) is 7.95. The predicted octanol–water partition coefficient (Wildman–Crippen LogP) is 7.17. The molecule has 0 fully saturated rings. The maximum absolute atomic E-state index is 14.2. The number of para-hydroxylation sites is 2. The third-order valence-corrected chi connectivity index (χ3v) is 8.19. The second-order valence-electron chi connectivity index (χ2n) is 11.5. The zero-order chi connectivity index (χ0) is 30.8. The van der Waals surface area contributed by atoms with E-state index in [1.807, 2.05) is 109 Å². The summed E-state index contributed by atoms with van der Waals surface area (Å²) < 4.78 is 6.22. The van der Waals surface area contributed by atoms with Gasteiger partial charge in [-0.25, -0.2) is 0 Å². The Balaban J connectivity index is 1.27. The Hall–Kier alpha value is -4.97. The molecule has 0 radical (unpaired) electrons. The SMILES string of the molecule is O=C(N[C@@H](Cc1ccccc1)[C@@H](O)CN(CCc1ccccc1)Cc1ccccc1)C1=Cc2ccccc2Oc2ccccc21. The van der Waals surface area contributed by atoms with Gasteiger partial charge < -0.3 is 15.2 Å². The molecule has 0 saturated carbocycles. The van der Waals surface area contributed by atoms with Crippen molar-refractivity contribution in [3.8, 4) is 11.5 Å². The summed E-state index contributed by atoms with van der Waals surface area (Å²) in [6, 6.07) is 45.5. The largest absolute Gasteiger partial charge is 0.456 e. The van der Waals surface area contributed by atoms with E-state index in [-0.39, 0.29) is 5.91 Å². The number of fused-ring (bicyclic) bond motifs is 2. The Morgan fingerprint density at radius 3 is 1.98 bits per heavy atom. The summed E-state index contributed by atoms with van der Waals surface area (Å²) in [5, 5.41) is 15.1. The molecule has 1 heterocycles. The summed E-state index contributed by atoms with van der Waals surface area (Å²) in [4.78, 5) is 16.4. The van der Waals surface area contributed by atoms with Gasteiger partial charge in [0.05, 0.1) is 17.7 Å². The Morgan fingerprint density at radius 1 is 0.689 bits per heavy atom. The quantitative estimate of drug-likeness (QED) is 0.161. The fourth-order valence-electron chi connectivity index (χ4n) is 5.81. The minimum absolute atomic E-state index is 0.248. The molecule has 0 spiro atoms. The monoisotopic (exact) mass is 594 g/mol. The smallest absolute Gasteiger partial charge is 0.252 e. The van der Waals surface area contributed by atoms with Gasteiger partial charge in [0.2, 0.25) is 0 Å². The normalized spacial score (nSPS) is 13.4. The molecule has 1 aliphatic heterocycles. The van der Waals surface area contributed by atoms with Crippen LogP contribution >= 0.6 is 0 Å². The fourth-order valence-corrected chi connectivity index (χ4v) is 5.81. The van der Waals surface area contributed by atoms with Crippen molar-refractivity contribution in [2.75, 3.05) is 13.1 Å². The number of carbonyl (C=O) groups excluding carboxylic acids is 1. The fraction of sp³-hybridized carbons (Fsp3) is 0.175. The molecule has 5 nitrogen and oxygen atoms in total. The van der Waals surface area contributed by atoms with Crippen LogP contribution in [0.15, 0.2) is 140 Å². The molecule has 5 aromatic carbocycles. The van der Waals surface area contributed by atoms with Crippen LogP contribution in [-0.4, -0.2) is 41.1 Å². The van der Waals surface area contributed by atoms with Crippen LogP contribution in [0.25, 0.3) is 11.6 Å². The second-order valence-corrected chi connectivity index (χ2v) is 11.5. The Labute approximate surface area is 265 Å². The van der Waals surface area contributed by atoms with Crippen LogP contribution in [0, 0.1) is 0 Å². The average Bonchev–Trinajstić information content (AvgIpc) is 3.25. The number of ether oxygens (including phenoxy) is 1. The lowest BCUT2D eigenvalue weighted by Gasteiger charge is -2.31. The Bertz CT molecular complexity index is 1720. The van der Waals surface area contributed by atoms with Crippen molar-refractivity contribution >= 4 is 17.6 Å². The predicted molar refractivity (Wildman–Crippen MR) is 181 cm³/mol. The van der Waals surface area contributed by atoms with Gasteiger partial charge in [-0.15, -0.1) is 0 Å². The number of aliphatic hydroxyl groups is 1. The molecule has 1 aliphatic rings. The van der Waals surface area contributed by atoms with Gasteiger partial charge in [0.15, 0.2) is 0 Å². The first-order chi connectivity index (χ1) is 22.1. The van der Waals surface area contributed by atoms with E-state index in [1.165, 1.54) is 11.1 Å². The van der Waals surface area contributed by atoms with Crippen molar-refractivity contribution in [2.24, 2.45) is 0 Å². The zero-order valence-corrected chi connectivity index (χ0v) is 25.3. The molecule has 0 aliphatic carbocycles. The molecule has 1 amide bonds. The second kappa shape index (κ2) is 14.7. The number of carbonyl (C=O) groups is 1. The molecule has 45 heavy (non-hydrogen) atoms. The van der Waals surface area contributed by atoms with Crippen LogP contribution in [0.1, 0.15) is 27.8 Å². The van der Waals surface area contributed by atoms with Crippen LogP contribution < -0.4 is 10.1 Å². The molecular weight excluding hydrogens is 556 g/mol. The molecule has 2 N–H and O–H groups in total. The van der Waals surface area contributed by atoms with E-state index in [1.54, 1.807) is 0 Å². The van der Waals surface area contributed by atoms with Gasteiger partial charge in [0, 0.05) is 30.8 Å². The highest BCUT2D eigenvalue weighted by atomic mass is 16.5. The summed E-state index contributed by atoms with van der Waals surface area (Å²) in [6.45, 7) is 1.87. The van der Waals surface area contributed by atoms with Crippen LogP contribution in [0.2, 0.25) is 0 Å². The van der Waals surface area contributed by atoms with E-state index in [0.717, 1.165) is 24.1 Å². The molecule has 0 bridgehead atoms. The van der Waals surface area contributed by atoms with Gasteiger partial charge in [-0.05, 0) is 47.7 Å². The van der Waals surface area contributed by atoms with Crippen molar-refractivity contribution in [3.05, 3.63) is 167 Å². The summed E-state index contributed by atoms with van der Waals surface area (Å²) in [6.07, 6.45) is 2.41. The molecule has 2 atom stereocenters. The maximum atomic E-state index is 14.2. The van der Waals surface area contributed by atoms with Gasteiger partial charge in [-0.1, -0.05) is 127 Å². The standard InChI is InChI=1S/C40H38N2O3/c43-37(29-42(28-32-18-8-3-9-19-32)25-24-30-14-4-1-5-15-30)36(26-31-16-6-2-7-17-31)41-40(44)35-27-33-20-10-12-22-38(33)45-39-23-13-11-21-34(35)39/h1-23,27,36-37,43H,24-26,28-29H2,(H,41,44)/t36-,37-/m0/s1. The highest BCUT2D eigenvalue weighted by Gasteiger charge is 2.28. The zero-order valence-electron chi connectivity index (χ0n) is 25.3. The van der Waals surface area contributed by atoms with Gasteiger partial charge in [0.1, 0.15) is 11.5 Å². The molecule has 0 aromatic heterocycles. The number of rotatable bonds is 12. The number of nitrogens with zero attached hydrogens (tertiary/aromatic N) is 1. The van der Waals surface area contributed by atoms with Crippen LogP contribution in [0.4, 0.5) is 0 Å². The summed E-state index contributed by atoms with van der Waals surface area (Å²) in [7, 11) is 0. The number of hydrogen-bond acceptors (Lipinski definition) is 4. The number of benzene rings is 5. The highest BCUT2D eigenvalue weighted by Crippen LogP contribution is 2.38. The van der Waals surface area contributed by atoms with Gasteiger partial charge in [-0.3, -0.25) is 9.69 Å². The first-order valence-electron chi connectivity index (χ1n) is 15.5. The third-order valence-electron chi connectivity index (χ3n) is 8.19. The molecular formula is C40H38N2O3. The van der Waals surface area contributed by atoms with Crippen LogP contribution in [0.5, 0.6) is 11.5 Å². The molecule has 6 rings (SSSR count). The Kier molecular flexibility index (Phi) is 9.80. The number of amides is 1. The van der Waals surface area contributed by atoms with Crippen molar-refractivity contribution in [3.63, 3.8) is 0 Å². The van der Waals surface area contributed by atoms with E-state index in [0.29, 0.717) is 42.1 Å². The summed E-state index contributed by atoms with van der Waals surface area (Å²) in [5.74, 6) is 1.07. The number of nitrogens with one attached hydrogen (secondary N) is 1. The van der Waals surface area contributed by atoms with Gasteiger partial charge >= 0.3 is 0 Å².